The monoisotopic (exact) mass is 340 g/mol. The van der Waals surface area contributed by atoms with Crippen molar-refractivity contribution in [1.82, 2.24) is 14.7 Å². The Morgan fingerprint density at radius 3 is 2.58 bits per heavy atom. The van der Waals surface area contributed by atoms with Crippen molar-refractivity contribution in [1.29, 1.82) is 0 Å². The number of β-amino-alcohol motifs (C(OH)–C–C–N with tert-alkyl or cyclic N) is 1. The second-order valence-electron chi connectivity index (χ2n) is 5.54. The summed E-state index contributed by atoms with van der Waals surface area (Å²) in [6, 6.07) is 4.21. The van der Waals surface area contributed by atoms with E-state index in [1.165, 1.54) is 34.1 Å². The fourth-order valence-corrected chi connectivity index (χ4v) is 2.46. The molecule has 9 heteroatoms. The van der Waals surface area contributed by atoms with Crippen LogP contribution in [0.2, 0.25) is 0 Å². The lowest BCUT2D eigenvalue weighted by molar-refractivity contribution is -0.137. The van der Waals surface area contributed by atoms with Crippen molar-refractivity contribution in [2.45, 2.75) is 18.7 Å². The Kier molecular flexibility index (Phi) is 4.18. The topological polar surface area (TPSA) is 70.4 Å². The molecule has 2 heterocycles. The van der Waals surface area contributed by atoms with Crippen molar-refractivity contribution >= 4 is 11.7 Å². The molecule has 1 aliphatic rings. The second-order valence-corrected chi connectivity index (χ2v) is 5.54. The zero-order valence-electron chi connectivity index (χ0n) is 12.5. The average Bonchev–Trinajstić information content (AvgIpc) is 3.16. The second kappa shape index (κ2) is 6.16. The van der Waals surface area contributed by atoms with Gasteiger partial charge in [0.05, 0.1) is 35.4 Å². The van der Waals surface area contributed by atoms with Gasteiger partial charge in [0.1, 0.15) is 0 Å². The number of benzene rings is 1. The van der Waals surface area contributed by atoms with E-state index in [9.17, 15) is 23.1 Å². The van der Waals surface area contributed by atoms with Gasteiger partial charge in [0.25, 0.3) is 0 Å². The molecule has 1 saturated heterocycles. The minimum atomic E-state index is -4.39. The molecule has 6 nitrogen and oxygen atoms in total. The zero-order chi connectivity index (χ0) is 17.3. The largest absolute Gasteiger partial charge is 0.416 e. The van der Waals surface area contributed by atoms with Crippen LogP contribution in [-0.2, 0) is 6.18 Å². The first-order valence-corrected chi connectivity index (χ1v) is 7.29. The predicted octanol–water partition coefficient (Wildman–Crippen LogP) is 2.49. The molecule has 2 amide bonds. The molecule has 0 aliphatic carbocycles. The highest BCUT2D eigenvalue weighted by Crippen LogP contribution is 2.29. The smallest absolute Gasteiger partial charge is 0.391 e. The van der Waals surface area contributed by atoms with E-state index >= 15 is 0 Å². The molecule has 0 bridgehead atoms. The summed E-state index contributed by atoms with van der Waals surface area (Å²) in [6.45, 7) is 0.749. The lowest BCUT2D eigenvalue weighted by Crippen LogP contribution is -2.33. The first-order valence-electron chi connectivity index (χ1n) is 7.29. The van der Waals surface area contributed by atoms with Gasteiger partial charge < -0.3 is 15.3 Å². The zero-order valence-corrected chi connectivity index (χ0v) is 12.5. The Morgan fingerprint density at radius 2 is 2.00 bits per heavy atom. The summed E-state index contributed by atoms with van der Waals surface area (Å²) < 4.78 is 39.0. The number of hydrogen-bond acceptors (Lipinski definition) is 3. The van der Waals surface area contributed by atoms with E-state index in [0.29, 0.717) is 24.3 Å². The van der Waals surface area contributed by atoms with Crippen molar-refractivity contribution < 1.29 is 23.1 Å². The van der Waals surface area contributed by atoms with Crippen molar-refractivity contribution in [2.75, 3.05) is 18.4 Å². The fourth-order valence-electron chi connectivity index (χ4n) is 2.46. The van der Waals surface area contributed by atoms with Crippen LogP contribution in [0.5, 0.6) is 0 Å². The molecule has 3 rings (SSSR count). The summed E-state index contributed by atoms with van der Waals surface area (Å²) in [5, 5.41) is 16.1. The number of aliphatic hydroxyl groups excluding tert-OH is 1. The molecule has 2 N–H and O–H groups in total. The van der Waals surface area contributed by atoms with Crippen molar-refractivity contribution in [3.05, 3.63) is 42.2 Å². The normalized spacial score (nSPS) is 18.0. The summed E-state index contributed by atoms with van der Waals surface area (Å²) in [4.78, 5) is 13.5. The molecular weight excluding hydrogens is 325 g/mol. The van der Waals surface area contributed by atoms with Gasteiger partial charge >= 0.3 is 12.2 Å². The molecule has 0 radical (unpaired) electrons. The number of aromatic nitrogens is 2. The van der Waals surface area contributed by atoms with Crippen LogP contribution in [0.1, 0.15) is 12.0 Å². The summed E-state index contributed by atoms with van der Waals surface area (Å²) in [7, 11) is 0. The quantitative estimate of drug-likeness (QED) is 0.882. The lowest BCUT2D eigenvalue weighted by Gasteiger charge is -2.15. The molecule has 1 aromatic carbocycles. The summed E-state index contributed by atoms with van der Waals surface area (Å²) in [5.41, 5.74) is 0.126. The molecule has 1 unspecified atom stereocenters. The molecular formula is C15H15F3N4O2. The Morgan fingerprint density at radius 1 is 1.29 bits per heavy atom. The first kappa shape index (κ1) is 16.3. The van der Waals surface area contributed by atoms with Crippen LogP contribution in [-0.4, -0.2) is 45.0 Å². The van der Waals surface area contributed by atoms with E-state index in [2.05, 4.69) is 10.4 Å². The standard InChI is InChI=1S/C15H15F3N4O2/c16-15(17,18)10-1-3-12(4-2-10)22-8-11(7-19-22)20-14(24)21-6-5-13(23)9-21/h1-4,7-8,13,23H,5-6,9H2,(H,20,24). The molecule has 1 aromatic heterocycles. The van der Waals surface area contributed by atoms with Crippen LogP contribution in [0.25, 0.3) is 5.69 Å². The third kappa shape index (κ3) is 3.51. The Balaban J connectivity index is 1.68. The van der Waals surface area contributed by atoms with Crippen LogP contribution in [0.3, 0.4) is 0 Å². The average molecular weight is 340 g/mol. The number of halogens is 3. The number of urea groups is 1. The number of anilines is 1. The van der Waals surface area contributed by atoms with Gasteiger partial charge in [-0.1, -0.05) is 0 Å². The van der Waals surface area contributed by atoms with Gasteiger partial charge in [-0.3, -0.25) is 0 Å². The number of nitrogens with zero attached hydrogens (tertiary/aromatic N) is 3. The highest BCUT2D eigenvalue weighted by Gasteiger charge is 2.30. The van der Waals surface area contributed by atoms with Crippen molar-refractivity contribution in [2.24, 2.45) is 0 Å². The van der Waals surface area contributed by atoms with E-state index in [1.807, 2.05) is 0 Å². The molecule has 2 aromatic rings. The van der Waals surface area contributed by atoms with Gasteiger partial charge in [0, 0.05) is 13.1 Å². The van der Waals surface area contributed by atoms with Crippen LogP contribution in [0, 0.1) is 0 Å². The predicted molar refractivity (Wildman–Crippen MR) is 79.8 cm³/mol. The maximum atomic E-state index is 12.6. The molecule has 24 heavy (non-hydrogen) atoms. The Hall–Kier alpha value is -2.55. The third-order valence-electron chi connectivity index (χ3n) is 3.74. The van der Waals surface area contributed by atoms with Gasteiger partial charge in [-0.05, 0) is 30.7 Å². The number of alkyl halides is 3. The third-order valence-corrected chi connectivity index (χ3v) is 3.74. The van der Waals surface area contributed by atoms with Crippen LogP contribution in [0.4, 0.5) is 23.7 Å². The van der Waals surface area contributed by atoms with Crippen molar-refractivity contribution in [3.63, 3.8) is 0 Å². The number of hydrogen-bond donors (Lipinski definition) is 2. The van der Waals surface area contributed by atoms with Gasteiger partial charge in [-0.15, -0.1) is 0 Å². The van der Waals surface area contributed by atoms with E-state index in [-0.39, 0.29) is 12.6 Å². The number of amides is 2. The number of likely N-dealkylation sites (tertiary alicyclic amines) is 1. The molecule has 128 valence electrons. The van der Waals surface area contributed by atoms with E-state index < -0.39 is 17.8 Å². The lowest BCUT2D eigenvalue weighted by atomic mass is 10.2. The summed E-state index contributed by atoms with van der Waals surface area (Å²) in [5.74, 6) is 0. The molecule has 1 atom stereocenters. The van der Waals surface area contributed by atoms with Crippen LogP contribution >= 0.6 is 0 Å². The number of carbonyl (C=O) groups excluding carboxylic acids is 1. The fraction of sp³-hybridized carbons (Fsp3) is 0.333. The van der Waals surface area contributed by atoms with Gasteiger partial charge in [0.15, 0.2) is 0 Å². The minimum absolute atomic E-state index is 0.277. The first-order chi connectivity index (χ1) is 11.3. The summed E-state index contributed by atoms with van der Waals surface area (Å²) in [6.07, 6.45) is -1.44. The maximum Gasteiger partial charge on any atom is 0.416 e. The highest BCUT2D eigenvalue weighted by atomic mass is 19.4. The maximum absolute atomic E-state index is 12.6. The molecule has 1 aliphatic heterocycles. The van der Waals surface area contributed by atoms with E-state index in [1.54, 1.807) is 0 Å². The summed E-state index contributed by atoms with van der Waals surface area (Å²) >= 11 is 0. The number of carbonyl (C=O) groups is 1. The molecule has 0 saturated carbocycles. The number of nitrogens with one attached hydrogen (secondary N) is 1. The van der Waals surface area contributed by atoms with Crippen LogP contribution in [0.15, 0.2) is 36.7 Å². The Labute approximate surface area is 135 Å². The number of aliphatic hydroxyl groups is 1. The van der Waals surface area contributed by atoms with Gasteiger partial charge in [0.2, 0.25) is 0 Å². The minimum Gasteiger partial charge on any atom is -0.391 e. The number of rotatable bonds is 2. The van der Waals surface area contributed by atoms with Crippen molar-refractivity contribution in [3.8, 4) is 5.69 Å². The highest BCUT2D eigenvalue weighted by molar-refractivity contribution is 5.89. The van der Waals surface area contributed by atoms with Gasteiger partial charge in [-0.2, -0.15) is 18.3 Å². The van der Waals surface area contributed by atoms with E-state index in [4.69, 9.17) is 0 Å². The SMILES string of the molecule is O=C(Nc1cnn(-c2ccc(C(F)(F)F)cc2)c1)N1CCC(O)C1. The molecule has 1 fully saturated rings. The molecule has 0 spiro atoms. The van der Waals surface area contributed by atoms with E-state index in [0.717, 1.165) is 12.1 Å². The van der Waals surface area contributed by atoms with Crippen LogP contribution < -0.4 is 5.32 Å². The Bertz CT molecular complexity index is 727. The van der Waals surface area contributed by atoms with Gasteiger partial charge in [-0.25, -0.2) is 9.48 Å².